The average molecular weight is 233 g/mol. The fourth-order valence-electron chi connectivity index (χ4n) is 2.10. The van der Waals surface area contributed by atoms with Gasteiger partial charge < -0.3 is 10.1 Å². The summed E-state index contributed by atoms with van der Waals surface area (Å²) in [4.78, 5) is 11.9. The Morgan fingerprint density at radius 1 is 1.47 bits per heavy atom. The summed E-state index contributed by atoms with van der Waals surface area (Å²) in [7, 11) is 1.90. The molecule has 0 saturated heterocycles. The molecule has 17 heavy (non-hydrogen) atoms. The Morgan fingerprint density at radius 2 is 2.35 bits per heavy atom. The lowest BCUT2D eigenvalue weighted by molar-refractivity contribution is 0.0980. The van der Waals surface area contributed by atoms with Gasteiger partial charge in [0, 0.05) is 12.0 Å². The molecule has 0 amide bonds. The van der Waals surface area contributed by atoms with Gasteiger partial charge in [-0.1, -0.05) is 0 Å². The van der Waals surface area contributed by atoms with Gasteiger partial charge in [-0.25, -0.2) is 0 Å². The molecule has 0 aliphatic carbocycles. The predicted molar refractivity (Wildman–Crippen MR) is 67.7 cm³/mol. The van der Waals surface area contributed by atoms with Gasteiger partial charge in [-0.15, -0.1) is 0 Å². The van der Waals surface area contributed by atoms with Crippen LogP contribution in [0.25, 0.3) is 0 Å². The number of carbonyl (C=O) groups excluding carboxylic acids is 1. The first kappa shape index (κ1) is 12.1. The van der Waals surface area contributed by atoms with Gasteiger partial charge in [0.2, 0.25) is 0 Å². The van der Waals surface area contributed by atoms with Gasteiger partial charge in [0.05, 0.1) is 6.61 Å². The third kappa shape index (κ3) is 3.07. The number of carbonyl (C=O) groups is 1. The Balaban J connectivity index is 2.03. The first-order valence-electron chi connectivity index (χ1n) is 6.25. The maximum Gasteiger partial charge on any atom is 0.162 e. The van der Waals surface area contributed by atoms with E-state index in [1.165, 1.54) is 5.56 Å². The monoisotopic (exact) mass is 233 g/mol. The van der Waals surface area contributed by atoms with Crippen molar-refractivity contribution in [2.75, 3.05) is 20.2 Å². The number of hydrogen-bond acceptors (Lipinski definition) is 3. The molecule has 2 rings (SSSR count). The number of aryl methyl sites for hydroxylation is 1. The highest BCUT2D eigenvalue weighted by atomic mass is 16.5. The fourth-order valence-corrected chi connectivity index (χ4v) is 2.10. The molecule has 0 atom stereocenters. The molecule has 1 aromatic carbocycles. The quantitative estimate of drug-likeness (QED) is 0.626. The standard InChI is InChI=1S/C14H19NO2/c1-15-8-2-5-13(16)11-6-7-14-12(10-11)4-3-9-17-14/h6-7,10,15H,2-5,8-9H2,1H3. The molecule has 1 heterocycles. The van der Waals surface area contributed by atoms with Gasteiger partial charge in [-0.3, -0.25) is 4.79 Å². The molecule has 0 bridgehead atoms. The SMILES string of the molecule is CNCCCC(=O)c1ccc2c(c1)CCCO2. The maximum atomic E-state index is 11.9. The summed E-state index contributed by atoms with van der Waals surface area (Å²) in [5.41, 5.74) is 2.00. The van der Waals surface area contributed by atoms with Crippen molar-refractivity contribution in [2.24, 2.45) is 0 Å². The maximum absolute atomic E-state index is 11.9. The minimum Gasteiger partial charge on any atom is -0.493 e. The number of hydrogen-bond donors (Lipinski definition) is 1. The van der Waals surface area contributed by atoms with E-state index < -0.39 is 0 Å². The number of fused-ring (bicyclic) bond motifs is 1. The lowest BCUT2D eigenvalue weighted by atomic mass is 9.99. The summed E-state index contributed by atoms with van der Waals surface area (Å²) in [6.45, 7) is 1.68. The number of ketones is 1. The molecule has 0 aromatic heterocycles. The Morgan fingerprint density at radius 3 is 3.18 bits per heavy atom. The van der Waals surface area contributed by atoms with E-state index in [1.807, 2.05) is 25.2 Å². The number of benzene rings is 1. The lowest BCUT2D eigenvalue weighted by Gasteiger charge is -2.17. The molecule has 1 aromatic rings. The summed E-state index contributed by atoms with van der Waals surface area (Å²) in [5, 5.41) is 3.05. The third-order valence-corrected chi connectivity index (χ3v) is 3.06. The number of nitrogens with one attached hydrogen (secondary N) is 1. The first-order valence-corrected chi connectivity index (χ1v) is 6.25. The second-order valence-corrected chi connectivity index (χ2v) is 4.40. The van der Waals surface area contributed by atoms with E-state index in [9.17, 15) is 4.79 Å². The topological polar surface area (TPSA) is 38.3 Å². The Kier molecular flexibility index (Phi) is 4.15. The van der Waals surface area contributed by atoms with Crippen molar-refractivity contribution in [3.05, 3.63) is 29.3 Å². The van der Waals surface area contributed by atoms with Crippen LogP contribution in [0, 0.1) is 0 Å². The van der Waals surface area contributed by atoms with Gasteiger partial charge in [0.1, 0.15) is 5.75 Å². The third-order valence-electron chi connectivity index (χ3n) is 3.06. The molecule has 1 aliphatic rings. The minimum absolute atomic E-state index is 0.230. The Bertz CT molecular complexity index is 401. The normalized spacial score (nSPS) is 13.9. The van der Waals surface area contributed by atoms with Crippen LogP contribution in [0.2, 0.25) is 0 Å². The van der Waals surface area contributed by atoms with Crippen LogP contribution in [0.5, 0.6) is 5.75 Å². The molecular weight excluding hydrogens is 214 g/mol. The molecule has 0 spiro atoms. The summed E-state index contributed by atoms with van der Waals surface area (Å²) in [6, 6.07) is 5.81. The van der Waals surface area contributed by atoms with Crippen molar-refractivity contribution >= 4 is 5.78 Å². The van der Waals surface area contributed by atoms with Crippen molar-refractivity contribution in [3.63, 3.8) is 0 Å². The van der Waals surface area contributed by atoms with E-state index in [4.69, 9.17) is 4.74 Å². The van der Waals surface area contributed by atoms with Gasteiger partial charge in [0.25, 0.3) is 0 Å². The number of ether oxygens (including phenoxy) is 1. The minimum atomic E-state index is 0.230. The highest BCUT2D eigenvalue weighted by Gasteiger charge is 2.13. The molecule has 0 radical (unpaired) electrons. The van der Waals surface area contributed by atoms with E-state index in [-0.39, 0.29) is 5.78 Å². The molecule has 0 unspecified atom stereocenters. The Hall–Kier alpha value is -1.35. The van der Waals surface area contributed by atoms with Crippen LogP contribution in [0.3, 0.4) is 0 Å². The molecule has 1 N–H and O–H groups in total. The fraction of sp³-hybridized carbons (Fsp3) is 0.500. The second kappa shape index (κ2) is 5.82. The van der Waals surface area contributed by atoms with Crippen molar-refractivity contribution in [1.82, 2.24) is 5.32 Å². The van der Waals surface area contributed by atoms with Crippen LogP contribution in [0.1, 0.15) is 35.2 Å². The molecular formula is C14H19NO2. The average Bonchev–Trinajstić information content (AvgIpc) is 2.38. The van der Waals surface area contributed by atoms with Crippen LogP contribution >= 0.6 is 0 Å². The Labute approximate surface area is 102 Å². The molecule has 0 saturated carbocycles. The van der Waals surface area contributed by atoms with Gasteiger partial charge in [-0.2, -0.15) is 0 Å². The molecule has 1 aliphatic heterocycles. The molecule has 3 nitrogen and oxygen atoms in total. The summed E-state index contributed by atoms with van der Waals surface area (Å²) in [5.74, 6) is 1.18. The zero-order valence-corrected chi connectivity index (χ0v) is 10.3. The zero-order chi connectivity index (χ0) is 12.1. The summed E-state index contributed by atoms with van der Waals surface area (Å²) < 4.78 is 5.54. The second-order valence-electron chi connectivity index (χ2n) is 4.40. The van der Waals surface area contributed by atoms with Crippen molar-refractivity contribution < 1.29 is 9.53 Å². The van der Waals surface area contributed by atoms with Gasteiger partial charge in [-0.05, 0) is 56.6 Å². The van der Waals surface area contributed by atoms with E-state index in [0.717, 1.165) is 43.7 Å². The number of rotatable bonds is 5. The van der Waals surface area contributed by atoms with E-state index in [0.29, 0.717) is 6.42 Å². The van der Waals surface area contributed by atoms with E-state index in [2.05, 4.69) is 5.32 Å². The van der Waals surface area contributed by atoms with Crippen LogP contribution in [0.15, 0.2) is 18.2 Å². The summed E-state index contributed by atoms with van der Waals surface area (Å²) >= 11 is 0. The largest absolute Gasteiger partial charge is 0.493 e. The smallest absolute Gasteiger partial charge is 0.162 e. The highest BCUT2D eigenvalue weighted by molar-refractivity contribution is 5.96. The van der Waals surface area contributed by atoms with Gasteiger partial charge >= 0.3 is 0 Å². The predicted octanol–water partition coefficient (Wildman–Crippen LogP) is 2.19. The lowest BCUT2D eigenvalue weighted by Crippen LogP contribution is -2.11. The molecule has 92 valence electrons. The van der Waals surface area contributed by atoms with E-state index >= 15 is 0 Å². The van der Waals surface area contributed by atoms with Crippen molar-refractivity contribution in [1.29, 1.82) is 0 Å². The molecule has 3 heteroatoms. The van der Waals surface area contributed by atoms with Crippen molar-refractivity contribution in [2.45, 2.75) is 25.7 Å². The summed E-state index contributed by atoms with van der Waals surface area (Å²) in [6.07, 6.45) is 3.57. The number of Topliss-reactive ketones (excluding diaryl/α,β-unsaturated/α-hetero) is 1. The van der Waals surface area contributed by atoms with Crippen LogP contribution < -0.4 is 10.1 Å². The van der Waals surface area contributed by atoms with E-state index in [1.54, 1.807) is 0 Å². The van der Waals surface area contributed by atoms with Crippen molar-refractivity contribution in [3.8, 4) is 5.75 Å². The molecule has 0 fully saturated rings. The van der Waals surface area contributed by atoms with Crippen LogP contribution in [-0.4, -0.2) is 26.0 Å². The van der Waals surface area contributed by atoms with Crippen LogP contribution in [0.4, 0.5) is 0 Å². The first-order chi connectivity index (χ1) is 8.31. The van der Waals surface area contributed by atoms with Crippen LogP contribution in [-0.2, 0) is 6.42 Å². The highest BCUT2D eigenvalue weighted by Crippen LogP contribution is 2.26. The zero-order valence-electron chi connectivity index (χ0n) is 10.3. The van der Waals surface area contributed by atoms with Gasteiger partial charge in [0.15, 0.2) is 5.78 Å².